The molecule has 2 N–H and O–H groups in total. The fraction of sp³-hybridized carbons (Fsp3) is 0.667. The zero-order valence-corrected chi connectivity index (χ0v) is 19.5. The number of morpholine rings is 1. The summed E-state index contributed by atoms with van der Waals surface area (Å²) in [5.41, 5.74) is 1.07. The van der Waals surface area contributed by atoms with Crippen molar-refractivity contribution in [2.75, 3.05) is 45.9 Å². The molecule has 3 rings (SSSR count). The Balaban J connectivity index is 0.00000210. The first-order valence-corrected chi connectivity index (χ1v) is 10.6. The van der Waals surface area contributed by atoms with Crippen molar-refractivity contribution in [2.45, 2.75) is 32.2 Å². The molecule has 5 nitrogen and oxygen atoms in total. The molecule has 3 atom stereocenters. The lowest BCUT2D eigenvalue weighted by Crippen LogP contribution is -2.44. The van der Waals surface area contributed by atoms with Gasteiger partial charge >= 0.3 is 0 Å². The van der Waals surface area contributed by atoms with E-state index in [4.69, 9.17) is 16.3 Å². The van der Waals surface area contributed by atoms with Crippen molar-refractivity contribution < 1.29 is 9.53 Å². The molecule has 0 aromatic heterocycles. The number of nitrogens with one attached hydrogen (secondary N) is 2. The minimum Gasteiger partial charge on any atom is -0.379 e. The molecule has 29 heavy (non-hydrogen) atoms. The van der Waals surface area contributed by atoms with E-state index in [-0.39, 0.29) is 36.8 Å². The highest BCUT2D eigenvalue weighted by molar-refractivity contribution is 6.31. The third-order valence-electron chi connectivity index (χ3n) is 5.89. The van der Waals surface area contributed by atoms with Crippen LogP contribution in [0.4, 0.5) is 0 Å². The largest absolute Gasteiger partial charge is 0.379 e. The second kappa shape index (κ2) is 13.7. The molecule has 0 aliphatic carbocycles. The maximum atomic E-state index is 12.6. The second-order valence-corrected chi connectivity index (χ2v) is 8.18. The van der Waals surface area contributed by atoms with Crippen molar-refractivity contribution in [1.29, 1.82) is 0 Å². The van der Waals surface area contributed by atoms with Gasteiger partial charge in [-0.1, -0.05) is 36.7 Å². The van der Waals surface area contributed by atoms with Crippen LogP contribution in [0.25, 0.3) is 0 Å². The van der Waals surface area contributed by atoms with Crippen molar-refractivity contribution in [3.05, 3.63) is 34.9 Å². The summed E-state index contributed by atoms with van der Waals surface area (Å²) >= 11 is 6.46. The predicted octanol–water partition coefficient (Wildman–Crippen LogP) is 3.70. The lowest BCUT2D eigenvalue weighted by Gasteiger charge is -2.35. The average molecular weight is 467 g/mol. The molecule has 0 spiro atoms. The van der Waals surface area contributed by atoms with E-state index >= 15 is 0 Å². The fourth-order valence-electron chi connectivity index (χ4n) is 4.18. The Morgan fingerprint density at radius 3 is 2.69 bits per heavy atom. The Hall–Kier alpha value is -0.560. The highest BCUT2D eigenvalue weighted by Crippen LogP contribution is 2.28. The Bertz CT molecular complexity index is 609. The maximum absolute atomic E-state index is 12.6. The van der Waals surface area contributed by atoms with Crippen LogP contribution in [0.2, 0.25) is 5.02 Å². The molecule has 166 valence electrons. The van der Waals surface area contributed by atoms with Crippen molar-refractivity contribution in [3.63, 3.8) is 0 Å². The first-order valence-electron chi connectivity index (χ1n) is 10.2. The zero-order valence-electron chi connectivity index (χ0n) is 17.1. The van der Waals surface area contributed by atoms with E-state index in [1.165, 1.54) is 12.8 Å². The van der Waals surface area contributed by atoms with Gasteiger partial charge in [-0.15, -0.1) is 24.8 Å². The molecule has 2 aliphatic heterocycles. The number of benzene rings is 1. The Morgan fingerprint density at radius 1 is 1.31 bits per heavy atom. The van der Waals surface area contributed by atoms with E-state index in [0.29, 0.717) is 24.8 Å². The molecule has 0 radical (unpaired) electrons. The van der Waals surface area contributed by atoms with Gasteiger partial charge in [0.15, 0.2) is 0 Å². The molecular formula is C21H34Cl3N3O2. The number of hydrogen-bond donors (Lipinski definition) is 2. The van der Waals surface area contributed by atoms with Gasteiger partial charge in [0.05, 0.1) is 19.3 Å². The van der Waals surface area contributed by atoms with Gasteiger partial charge in [-0.05, 0) is 49.4 Å². The summed E-state index contributed by atoms with van der Waals surface area (Å²) in [5, 5.41) is 7.37. The highest BCUT2D eigenvalue weighted by Gasteiger charge is 2.26. The average Bonchev–Trinajstić information content (AvgIpc) is 2.71. The van der Waals surface area contributed by atoms with Crippen molar-refractivity contribution in [3.8, 4) is 0 Å². The van der Waals surface area contributed by atoms with Crippen LogP contribution in [0.15, 0.2) is 24.3 Å². The number of rotatable bonds is 7. The van der Waals surface area contributed by atoms with Gasteiger partial charge in [-0.2, -0.15) is 0 Å². The van der Waals surface area contributed by atoms with Crippen molar-refractivity contribution in [1.82, 2.24) is 15.5 Å². The van der Waals surface area contributed by atoms with E-state index in [1.807, 2.05) is 18.2 Å². The molecule has 2 saturated heterocycles. The number of amides is 1. The molecule has 2 heterocycles. The van der Waals surface area contributed by atoms with Gasteiger partial charge < -0.3 is 15.4 Å². The molecule has 0 bridgehead atoms. The Labute approximate surface area is 192 Å². The number of carbonyl (C=O) groups is 1. The number of piperidine rings is 1. The van der Waals surface area contributed by atoms with Crippen LogP contribution in [-0.4, -0.2) is 56.7 Å². The SMILES string of the molecule is CC(CC(=O)NCC(c1ccccc1Cl)N1CCOCC1)C1CCCNC1.Cl.Cl. The summed E-state index contributed by atoms with van der Waals surface area (Å²) in [4.78, 5) is 15.0. The van der Waals surface area contributed by atoms with E-state index < -0.39 is 0 Å². The minimum atomic E-state index is 0. The predicted molar refractivity (Wildman–Crippen MR) is 123 cm³/mol. The van der Waals surface area contributed by atoms with Crippen LogP contribution in [0.5, 0.6) is 0 Å². The molecule has 3 unspecified atom stereocenters. The van der Waals surface area contributed by atoms with Crippen LogP contribution in [0.1, 0.15) is 37.8 Å². The van der Waals surface area contributed by atoms with E-state index in [9.17, 15) is 4.79 Å². The Kier molecular flexibility index (Phi) is 12.5. The fourth-order valence-corrected chi connectivity index (χ4v) is 4.44. The molecule has 0 saturated carbocycles. The Morgan fingerprint density at radius 2 is 2.03 bits per heavy atom. The first-order chi connectivity index (χ1) is 13.1. The van der Waals surface area contributed by atoms with Crippen LogP contribution in [0, 0.1) is 11.8 Å². The van der Waals surface area contributed by atoms with Gasteiger partial charge in [-0.25, -0.2) is 0 Å². The summed E-state index contributed by atoms with van der Waals surface area (Å²) in [6.07, 6.45) is 3.02. The van der Waals surface area contributed by atoms with Gasteiger partial charge in [0.25, 0.3) is 0 Å². The third-order valence-corrected chi connectivity index (χ3v) is 6.23. The normalized spacial score (nSPS) is 21.9. The number of ether oxygens (including phenoxy) is 1. The summed E-state index contributed by atoms with van der Waals surface area (Å²) in [6.45, 7) is 8.08. The summed E-state index contributed by atoms with van der Waals surface area (Å²) in [5.74, 6) is 1.14. The standard InChI is InChI=1S/C21H32ClN3O2.2ClH/c1-16(17-5-4-8-23-14-17)13-21(26)24-15-20(25-9-11-27-12-10-25)18-6-2-3-7-19(18)22;;/h2-3,6-7,16-17,20,23H,4-5,8-15H2,1H3,(H,24,26);2*1H. The summed E-state index contributed by atoms with van der Waals surface area (Å²) in [7, 11) is 0. The van der Waals surface area contributed by atoms with E-state index in [2.05, 4.69) is 28.5 Å². The number of nitrogens with zero attached hydrogens (tertiary/aromatic N) is 1. The monoisotopic (exact) mass is 465 g/mol. The van der Waals surface area contributed by atoms with E-state index in [1.54, 1.807) is 0 Å². The van der Waals surface area contributed by atoms with E-state index in [0.717, 1.165) is 50.0 Å². The van der Waals surface area contributed by atoms with Crippen LogP contribution >= 0.6 is 36.4 Å². The van der Waals surface area contributed by atoms with Crippen LogP contribution in [-0.2, 0) is 9.53 Å². The van der Waals surface area contributed by atoms with Crippen molar-refractivity contribution >= 4 is 42.3 Å². The molecule has 1 amide bonds. The van der Waals surface area contributed by atoms with Gasteiger partial charge in [0.1, 0.15) is 0 Å². The molecule has 1 aromatic carbocycles. The molecule has 2 aliphatic rings. The second-order valence-electron chi connectivity index (χ2n) is 7.78. The smallest absolute Gasteiger partial charge is 0.220 e. The summed E-state index contributed by atoms with van der Waals surface area (Å²) < 4.78 is 5.49. The molecule has 8 heteroatoms. The zero-order chi connectivity index (χ0) is 19.1. The lowest BCUT2D eigenvalue weighted by atomic mass is 9.85. The number of carbonyl (C=O) groups excluding carboxylic acids is 1. The summed E-state index contributed by atoms with van der Waals surface area (Å²) in [6, 6.07) is 8.02. The molecular weight excluding hydrogens is 433 g/mol. The topological polar surface area (TPSA) is 53.6 Å². The quantitative estimate of drug-likeness (QED) is 0.643. The number of hydrogen-bond acceptors (Lipinski definition) is 4. The van der Waals surface area contributed by atoms with Crippen LogP contribution in [0.3, 0.4) is 0 Å². The molecule has 2 fully saturated rings. The van der Waals surface area contributed by atoms with Gasteiger partial charge in [-0.3, -0.25) is 9.69 Å². The van der Waals surface area contributed by atoms with Crippen molar-refractivity contribution in [2.24, 2.45) is 11.8 Å². The van der Waals surface area contributed by atoms with Crippen LogP contribution < -0.4 is 10.6 Å². The van der Waals surface area contributed by atoms with Gasteiger partial charge in [0, 0.05) is 31.1 Å². The maximum Gasteiger partial charge on any atom is 0.220 e. The highest BCUT2D eigenvalue weighted by atomic mass is 35.5. The lowest BCUT2D eigenvalue weighted by molar-refractivity contribution is -0.122. The first kappa shape index (κ1) is 26.5. The van der Waals surface area contributed by atoms with Gasteiger partial charge in [0.2, 0.25) is 5.91 Å². The molecule has 1 aromatic rings. The minimum absolute atomic E-state index is 0. The third kappa shape index (κ3) is 7.89. The number of halogens is 3.